The second kappa shape index (κ2) is 9.11. The molecule has 0 amide bonds. The number of nitrogens with one attached hydrogen (secondary N) is 1. The summed E-state index contributed by atoms with van der Waals surface area (Å²) >= 11 is 0. The van der Waals surface area contributed by atoms with E-state index in [0.717, 1.165) is 60.2 Å². The Balaban J connectivity index is 1.46. The van der Waals surface area contributed by atoms with Gasteiger partial charge in [0.15, 0.2) is 5.76 Å². The molecule has 0 aliphatic carbocycles. The molecule has 0 spiro atoms. The first-order chi connectivity index (χ1) is 15.8. The zero-order chi connectivity index (χ0) is 21.8. The van der Waals surface area contributed by atoms with Crippen molar-refractivity contribution in [1.82, 2.24) is 25.1 Å². The second-order valence-electron chi connectivity index (χ2n) is 7.50. The van der Waals surface area contributed by atoms with Crippen LogP contribution in [0.4, 0.5) is 11.8 Å². The van der Waals surface area contributed by atoms with Crippen LogP contribution in [0.2, 0.25) is 0 Å². The number of nitrogens with zero attached hydrogens (tertiary/aromatic N) is 6. The van der Waals surface area contributed by atoms with Gasteiger partial charge < -0.3 is 19.5 Å². The van der Waals surface area contributed by atoms with Crippen LogP contribution < -0.4 is 10.2 Å². The van der Waals surface area contributed by atoms with Gasteiger partial charge in [0.1, 0.15) is 5.82 Å². The van der Waals surface area contributed by atoms with Crippen LogP contribution >= 0.6 is 0 Å². The van der Waals surface area contributed by atoms with Gasteiger partial charge in [0.2, 0.25) is 5.95 Å². The molecule has 1 saturated heterocycles. The molecule has 0 aromatic carbocycles. The number of pyridine rings is 2. The van der Waals surface area contributed by atoms with E-state index >= 15 is 0 Å². The van der Waals surface area contributed by atoms with Crippen LogP contribution in [0.1, 0.15) is 11.3 Å². The predicted molar refractivity (Wildman–Crippen MR) is 120 cm³/mol. The summed E-state index contributed by atoms with van der Waals surface area (Å²) in [7, 11) is 0. The van der Waals surface area contributed by atoms with Gasteiger partial charge >= 0.3 is 0 Å². The maximum Gasteiger partial charge on any atom is 0.223 e. The van der Waals surface area contributed by atoms with Crippen LogP contribution in [0.5, 0.6) is 0 Å². The first kappa shape index (κ1) is 20.1. The van der Waals surface area contributed by atoms with E-state index in [9.17, 15) is 0 Å². The van der Waals surface area contributed by atoms with Crippen molar-refractivity contribution in [3.8, 4) is 22.6 Å². The topological polar surface area (TPSA) is 102 Å². The largest absolute Gasteiger partial charge is 0.378 e. The molecule has 0 radical (unpaired) electrons. The lowest BCUT2D eigenvalue weighted by atomic mass is 10.1. The Kier molecular flexibility index (Phi) is 5.71. The molecule has 4 aromatic heterocycles. The molecule has 9 heteroatoms. The molecule has 1 N–H and O–H groups in total. The van der Waals surface area contributed by atoms with E-state index in [-0.39, 0.29) is 0 Å². The van der Waals surface area contributed by atoms with Gasteiger partial charge in [0.05, 0.1) is 30.2 Å². The normalized spacial score (nSPS) is 13.8. The number of hydrogen-bond acceptors (Lipinski definition) is 9. The van der Waals surface area contributed by atoms with E-state index in [4.69, 9.17) is 14.2 Å². The van der Waals surface area contributed by atoms with E-state index in [0.29, 0.717) is 18.3 Å². The molecule has 162 valence electrons. The first-order valence-electron chi connectivity index (χ1n) is 10.5. The number of morpholine rings is 1. The monoisotopic (exact) mass is 429 g/mol. The molecule has 0 saturated carbocycles. The number of anilines is 2. The second-order valence-corrected chi connectivity index (χ2v) is 7.50. The Morgan fingerprint density at radius 3 is 2.59 bits per heavy atom. The zero-order valence-corrected chi connectivity index (χ0v) is 17.7. The van der Waals surface area contributed by atoms with Crippen molar-refractivity contribution in [1.29, 1.82) is 0 Å². The van der Waals surface area contributed by atoms with Crippen molar-refractivity contribution < 1.29 is 9.26 Å². The fraction of sp³-hybridized carbons (Fsp3) is 0.261. The van der Waals surface area contributed by atoms with Crippen molar-refractivity contribution in [2.75, 3.05) is 36.5 Å². The van der Waals surface area contributed by atoms with Crippen molar-refractivity contribution in [3.05, 3.63) is 66.4 Å². The van der Waals surface area contributed by atoms with Gasteiger partial charge in [-0.05, 0) is 36.8 Å². The van der Waals surface area contributed by atoms with E-state index in [1.807, 2.05) is 43.5 Å². The average molecular weight is 429 g/mol. The smallest absolute Gasteiger partial charge is 0.223 e. The van der Waals surface area contributed by atoms with Crippen molar-refractivity contribution in [2.45, 2.75) is 13.5 Å². The summed E-state index contributed by atoms with van der Waals surface area (Å²) in [6.07, 6.45) is 7.13. The third kappa shape index (κ3) is 4.42. The summed E-state index contributed by atoms with van der Waals surface area (Å²) in [5.74, 6) is 2.07. The molecule has 0 unspecified atom stereocenters. The maximum absolute atomic E-state index is 5.50. The molecule has 32 heavy (non-hydrogen) atoms. The maximum atomic E-state index is 5.50. The van der Waals surface area contributed by atoms with Crippen LogP contribution in [-0.4, -0.2) is 51.4 Å². The Hall–Kier alpha value is -3.85. The summed E-state index contributed by atoms with van der Waals surface area (Å²) in [5, 5.41) is 7.29. The third-order valence-electron chi connectivity index (χ3n) is 5.24. The highest BCUT2D eigenvalue weighted by atomic mass is 16.5. The van der Waals surface area contributed by atoms with Crippen molar-refractivity contribution >= 4 is 11.8 Å². The van der Waals surface area contributed by atoms with Gasteiger partial charge in [0.25, 0.3) is 0 Å². The molecule has 5 heterocycles. The summed E-state index contributed by atoms with van der Waals surface area (Å²) in [4.78, 5) is 20.2. The van der Waals surface area contributed by atoms with E-state index < -0.39 is 0 Å². The minimum Gasteiger partial charge on any atom is -0.378 e. The molecule has 1 fully saturated rings. The highest BCUT2D eigenvalue weighted by Crippen LogP contribution is 2.31. The minimum absolute atomic E-state index is 0.522. The summed E-state index contributed by atoms with van der Waals surface area (Å²) in [6.45, 7) is 5.60. The Labute approximate surface area is 185 Å². The van der Waals surface area contributed by atoms with Crippen molar-refractivity contribution in [2.24, 2.45) is 0 Å². The number of rotatable bonds is 6. The molecular weight excluding hydrogens is 406 g/mol. The predicted octanol–water partition coefficient (Wildman–Crippen LogP) is 3.35. The molecule has 0 bridgehead atoms. The summed E-state index contributed by atoms with van der Waals surface area (Å²) in [5.41, 5.74) is 4.26. The van der Waals surface area contributed by atoms with Gasteiger partial charge in [0, 0.05) is 56.1 Å². The van der Waals surface area contributed by atoms with Crippen LogP contribution in [-0.2, 0) is 11.3 Å². The Morgan fingerprint density at radius 2 is 1.88 bits per heavy atom. The van der Waals surface area contributed by atoms with E-state index in [1.165, 1.54) is 0 Å². The molecule has 4 aromatic rings. The van der Waals surface area contributed by atoms with Gasteiger partial charge in [-0.1, -0.05) is 5.16 Å². The van der Waals surface area contributed by atoms with Crippen LogP contribution in [0.3, 0.4) is 0 Å². The van der Waals surface area contributed by atoms with E-state index in [1.54, 1.807) is 18.6 Å². The number of ether oxygens (including phenoxy) is 1. The Morgan fingerprint density at radius 1 is 1.03 bits per heavy atom. The van der Waals surface area contributed by atoms with Gasteiger partial charge in [-0.25, -0.2) is 15.0 Å². The van der Waals surface area contributed by atoms with E-state index in [2.05, 4.69) is 30.3 Å². The van der Waals surface area contributed by atoms with Crippen LogP contribution in [0, 0.1) is 6.92 Å². The number of aryl methyl sites for hydroxylation is 1. The van der Waals surface area contributed by atoms with Gasteiger partial charge in [-0.15, -0.1) is 0 Å². The molecule has 5 rings (SSSR count). The lowest BCUT2D eigenvalue weighted by molar-refractivity contribution is 0.122. The molecule has 1 aliphatic heterocycles. The fourth-order valence-electron chi connectivity index (χ4n) is 3.55. The third-order valence-corrected chi connectivity index (χ3v) is 5.24. The SMILES string of the molecule is Cc1cc(-c2cnc(NCc3ccncc3)nc2-c2ccc(N3CCOCC3)nc2)on1. The average Bonchev–Trinajstić information content (AvgIpc) is 3.30. The van der Waals surface area contributed by atoms with Gasteiger partial charge in [-0.2, -0.15) is 0 Å². The van der Waals surface area contributed by atoms with Crippen LogP contribution in [0.15, 0.2) is 59.6 Å². The number of hydrogen-bond donors (Lipinski definition) is 1. The highest BCUT2D eigenvalue weighted by Gasteiger charge is 2.17. The van der Waals surface area contributed by atoms with Gasteiger partial charge in [-0.3, -0.25) is 4.98 Å². The van der Waals surface area contributed by atoms with Crippen molar-refractivity contribution in [3.63, 3.8) is 0 Å². The minimum atomic E-state index is 0.522. The lowest BCUT2D eigenvalue weighted by Crippen LogP contribution is -2.36. The standard InChI is InChI=1S/C23H23N7O2/c1-16-12-20(32-29-16)19-15-27-23(26-13-17-4-6-24-7-5-17)28-22(19)18-2-3-21(25-14-18)30-8-10-31-11-9-30/h2-7,12,14-15H,8-11,13H2,1H3,(H,26,27,28). The zero-order valence-electron chi connectivity index (χ0n) is 17.7. The molecular formula is C23H23N7O2. The first-order valence-corrected chi connectivity index (χ1v) is 10.5. The number of aromatic nitrogens is 5. The fourth-order valence-corrected chi connectivity index (χ4v) is 3.55. The molecule has 1 aliphatic rings. The van der Waals surface area contributed by atoms with Crippen LogP contribution in [0.25, 0.3) is 22.6 Å². The lowest BCUT2D eigenvalue weighted by Gasteiger charge is -2.27. The summed E-state index contributed by atoms with van der Waals surface area (Å²) < 4.78 is 10.9. The quantitative estimate of drug-likeness (QED) is 0.494. The highest BCUT2D eigenvalue weighted by molar-refractivity contribution is 5.78. The summed E-state index contributed by atoms with van der Waals surface area (Å²) in [6, 6.07) is 9.82. The molecule has 0 atom stereocenters. The molecule has 9 nitrogen and oxygen atoms in total. The Bertz CT molecular complexity index is 1170.